The minimum absolute atomic E-state index is 0.136. The molecule has 0 atom stereocenters. The van der Waals surface area contributed by atoms with Gasteiger partial charge in [0.1, 0.15) is 5.75 Å². The molecule has 29 heavy (non-hydrogen) atoms. The van der Waals surface area contributed by atoms with E-state index < -0.39 is 0 Å². The summed E-state index contributed by atoms with van der Waals surface area (Å²) < 4.78 is 7.54. The van der Waals surface area contributed by atoms with Gasteiger partial charge in [-0.25, -0.2) is 0 Å². The number of para-hydroxylation sites is 2. The second-order valence-corrected chi connectivity index (χ2v) is 7.38. The first-order valence-electron chi connectivity index (χ1n) is 10.0. The second-order valence-electron chi connectivity index (χ2n) is 7.38. The number of amides is 1. The summed E-state index contributed by atoms with van der Waals surface area (Å²) in [6.07, 6.45) is 1.32. The number of benzene rings is 3. The van der Waals surface area contributed by atoms with Crippen molar-refractivity contribution in [2.24, 2.45) is 0 Å². The molecular formula is C25H26N2O2. The molecule has 1 amide bonds. The molecule has 0 aliphatic rings. The van der Waals surface area contributed by atoms with Gasteiger partial charge in [0.2, 0.25) is 5.91 Å². The number of carbonyl (C=O) groups excluding carboxylic acids is 1. The molecule has 4 nitrogen and oxygen atoms in total. The van der Waals surface area contributed by atoms with Crippen LogP contribution in [0.15, 0.2) is 72.8 Å². The summed E-state index contributed by atoms with van der Waals surface area (Å²) in [6, 6.07) is 24.7. The van der Waals surface area contributed by atoms with Gasteiger partial charge in [-0.05, 0) is 36.2 Å². The lowest BCUT2D eigenvalue weighted by Gasteiger charge is -2.18. The van der Waals surface area contributed by atoms with E-state index in [1.165, 1.54) is 21.8 Å². The summed E-state index contributed by atoms with van der Waals surface area (Å²) in [5.41, 5.74) is 3.51. The summed E-state index contributed by atoms with van der Waals surface area (Å²) >= 11 is 0. The van der Waals surface area contributed by atoms with Gasteiger partial charge in [0.15, 0.2) is 0 Å². The van der Waals surface area contributed by atoms with E-state index in [9.17, 15) is 4.79 Å². The Morgan fingerprint density at radius 3 is 2.07 bits per heavy atom. The number of ether oxygens (including phenoxy) is 1. The summed E-state index contributed by atoms with van der Waals surface area (Å²) in [7, 11) is 3.53. The van der Waals surface area contributed by atoms with Crippen molar-refractivity contribution in [3.63, 3.8) is 0 Å². The van der Waals surface area contributed by atoms with Gasteiger partial charge in [-0.1, -0.05) is 48.5 Å². The van der Waals surface area contributed by atoms with E-state index in [0.29, 0.717) is 6.42 Å². The van der Waals surface area contributed by atoms with E-state index >= 15 is 0 Å². The Morgan fingerprint density at radius 1 is 0.897 bits per heavy atom. The number of hydrogen-bond donors (Lipinski definition) is 0. The standard InChI is InChI=1S/C25H26N2O2/c1-26(25(28)18-19-12-14-20(29-2)15-13-19)16-7-17-27-23-10-5-3-8-21(23)22-9-4-6-11-24(22)27/h3-6,8-15H,7,16-18H2,1-2H3. The topological polar surface area (TPSA) is 34.5 Å². The van der Waals surface area contributed by atoms with E-state index in [4.69, 9.17) is 4.74 Å². The van der Waals surface area contributed by atoms with Crippen LogP contribution in [0.25, 0.3) is 21.8 Å². The molecule has 0 aliphatic carbocycles. The molecule has 0 fully saturated rings. The van der Waals surface area contributed by atoms with Crippen LogP contribution in [0.2, 0.25) is 0 Å². The van der Waals surface area contributed by atoms with Crippen molar-refractivity contribution in [1.82, 2.24) is 9.47 Å². The molecule has 0 spiro atoms. The average Bonchev–Trinajstić information content (AvgIpc) is 3.08. The van der Waals surface area contributed by atoms with Gasteiger partial charge in [-0.2, -0.15) is 0 Å². The van der Waals surface area contributed by atoms with E-state index in [2.05, 4.69) is 53.1 Å². The van der Waals surface area contributed by atoms with E-state index in [-0.39, 0.29) is 5.91 Å². The zero-order valence-corrected chi connectivity index (χ0v) is 17.0. The summed E-state index contributed by atoms with van der Waals surface area (Å²) in [5.74, 6) is 0.943. The number of likely N-dealkylation sites (N-methyl/N-ethyl adjacent to an activating group) is 1. The summed E-state index contributed by atoms with van der Waals surface area (Å²) in [5, 5.41) is 2.57. The molecule has 4 aromatic rings. The fraction of sp³-hybridized carbons (Fsp3) is 0.240. The summed E-state index contributed by atoms with van der Waals surface area (Å²) in [6.45, 7) is 1.62. The Bertz CT molecular complexity index is 1080. The van der Waals surface area contributed by atoms with Crippen LogP contribution in [-0.2, 0) is 17.8 Å². The van der Waals surface area contributed by atoms with Gasteiger partial charge in [-0.3, -0.25) is 4.79 Å². The third-order valence-corrected chi connectivity index (χ3v) is 5.50. The van der Waals surface area contributed by atoms with Crippen LogP contribution < -0.4 is 4.74 Å². The number of carbonyl (C=O) groups is 1. The average molecular weight is 386 g/mol. The Balaban J connectivity index is 1.41. The van der Waals surface area contributed by atoms with Crippen LogP contribution in [0.1, 0.15) is 12.0 Å². The molecule has 1 aromatic heterocycles. The first-order chi connectivity index (χ1) is 14.2. The number of aromatic nitrogens is 1. The van der Waals surface area contributed by atoms with Crippen molar-refractivity contribution in [3.05, 3.63) is 78.4 Å². The highest BCUT2D eigenvalue weighted by Crippen LogP contribution is 2.28. The molecule has 0 radical (unpaired) electrons. The molecule has 3 aromatic carbocycles. The van der Waals surface area contributed by atoms with Crippen LogP contribution in [-0.4, -0.2) is 36.1 Å². The highest BCUT2D eigenvalue weighted by atomic mass is 16.5. The normalized spacial score (nSPS) is 11.1. The predicted molar refractivity (Wildman–Crippen MR) is 118 cm³/mol. The van der Waals surface area contributed by atoms with Crippen LogP contribution >= 0.6 is 0 Å². The third kappa shape index (κ3) is 3.97. The molecule has 0 saturated heterocycles. The van der Waals surface area contributed by atoms with Crippen molar-refractivity contribution >= 4 is 27.7 Å². The molecule has 0 bridgehead atoms. The van der Waals surface area contributed by atoms with Crippen LogP contribution in [0, 0.1) is 0 Å². The Hall–Kier alpha value is -3.27. The van der Waals surface area contributed by atoms with Gasteiger partial charge in [-0.15, -0.1) is 0 Å². The molecule has 1 heterocycles. The Morgan fingerprint density at radius 2 is 1.48 bits per heavy atom. The maximum absolute atomic E-state index is 12.6. The number of rotatable bonds is 7. The van der Waals surface area contributed by atoms with Gasteiger partial charge in [0, 0.05) is 41.9 Å². The predicted octanol–water partition coefficient (Wildman–Crippen LogP) is 4.89. The number of aryl methyl sites for hydroxylation is 1. The Labute approximate surface area is 171 Å². The maximum Gasteiger partial charge on any atom is 0.226 e. The van der Waals surface area contributed by atoms with Crippen LogP contribution in [0.4, 0.5) is 0 Å². The van der Waals surface area contributed by atoms with Gasteiger partial charge in [0.05, 0.1) is 13.5 Å². The monoisotopic (exact) mass is 386 g/mol. The maximum atomic E-state index is 12.6. The smallest absolute Gasteiger partial charge is 0.226 e. The van der Waals surface area contributed by atoms with E-state index in [0.717, 1.165) is 30.8 Å². The van der Waals surface area contributed by atoms with Crippen molar-refractivity contribution in [3.8, 4) is 5.75 Å². The molecule has 4 heteroatoms. The van der Waals surface area contributed by atoms with Crippen LogP contribution in [0.3, 0.4) is 0 Å². The fourth-order valence-electron chi connectivity index (χ4n) is 3.89. The van der Waals surface area contributed by atoms with E-state index in [1.807, 2.05) is 36.2 Å². The molecule has 0 N–H and O–H groups in total. The summed E-state index contributed by atoms with van der Waals surface area (Å²) in [4.78, 5) is 14.4. The SMILES string of the molecule is COc1ccc(CC(=O)N(C)CCCn2c3ccccc3c3ccccc32)cc1. The van der Waals surface area contributed by atoms with Crippen LogP contribution in [0.5, 0.6) is 5.75 Å². The van der Waals surface area contributed by atoms with Gasteiger partial charge >= 0.3 is 0 Å². The molecule has 0 saturated carbocycles. The molecule has 4 rings (SSSR count). The lowest BCUT2D eigenvalue weighted by molar-refractivity contribution is -0.129. The highest BCUT2D eigenvalue weighted by molar-refractivity contribution is 6.07. The molecule has 148 valence electrons. The first-order valence-corrected chi connectivity index (χ1v) is 10.0. The minimum atomic E-state index is 0.136. The number of nitrogens with zero attached hydrogens (tertiary/aromatic N) is 2. The second kappa shape index (κ2) is 8.39. The van der Waals surface area contributed by atoms with E-state index in [1.54, 1.807) is 7.11 Å². The van der Waals surface area contributed by atoms with Crippen molar-refractivity contribution in [1.29, 1.82) is 0 Å². The van der Waals surface area contributed by atoms with Crippen molar-refractivity contribution < 1.29 is 9.53 Å². The third-order valence-electron chi connectivity index (χ3n) is 5.50. The number of hydrogen-bond acceptors (Lipinski definition) is 2. The fourth-order valence-corrected chi connectivity index (χ4v) is 3.89. The van der Waals surface area contributed by atoms with Gasteiger partial charge < -0.3 is 14.2 Å². The quantitative estimate of drug-likeness (QED) is 0.453. The van der Waals surface area contributed by atoms with Crippen molar-refractivity contribution in [2.75, 3.05) is 20.7 Å². The zero-order valence-electron chi connectivity index (χ0n) is 17.0. The largest absolute Gasteiger partial charge is 0.497 e. The molecule has 0 aliphatic heterocycles. The first kappa shape index (κ1) is 19.1. The minimum Gasteiger partial charge on any atom is -0.497 e. The molecule has 0 unspecified atom stereocenters. The Kier molecular flexibility index (Phi) is 5.52. The highest BCUT2D eigenvalue weighted by Gasteiger charge is 2.12. The lowest BCUT2D eigenvalue weighted by atomic mass is 10.1. The number of methoxy groups -OCH3 is 1. The molecular weight excluding hydrogens is 360 g/mol. The van der Waals surface area contributed by atoms with Gasteiger partial charge in [0.25, 0.3) is 0 Å². The number of fused-ring (bicyclic) bond motifs is 3. The zero-order chi connectivity index (χ0) is 20.2. The van der Waals surface area contributed by atoms with Crippen molar-refractivity contribution in [2.45, 2.75) is 19.4 Å². The lowest BCUT2D eigenvalue weighted by Crippen LogP contribution is -2.29.